The minimum Gasteiger partial charge on any atom is -0.344 e. The van der Waals surface area contributed by atoms with Crippen molar-refractivity contribution < 1.29 is 0 Å². The average Bonchev–Trinajstić information content (AvgIpc) is 2.38. The fraction of sp³-hybridized carbons (Fsp3) is 0.267. The van der Waals surface area contributed by atoms with Gasteiger partial charge in [-0.3, -0.25) is 0 Å². The van der Waals surface area contributed by atoms with E-state index in [4.69, 9.17) is 0 Å². The Bertz CT molecular complexity index is 469. The quantitative estimate of drug-likeness (QED) is 0.837. The van der Waals surface area contributed by atoms with E-state index >= 15 is 0 Å². The number of aliphatic imine (C=N–C) groups is 1. The van der Waals surface area contributed by atoms with Gasteiger partial charge >= 0.3 is 0 Å². The Morgan fingerprint density at radius 1 is 1.29 bits per heavy atom. The predicted molar refractivity (Wildman–Crippen MR) is 73.6 cm³/mol. The zero-order valence-electron chi connectivity index (χ0n) is 10.4. The molecule has 2 nitrogen and oxygen atoms in total. The molecule has 0 aliphatic carbocycles. The van der Waals surface area contributed by atoms with Crippen molar-refractivity contribution in [1.29, 1.82) is 0 Å². The number of amidine groups is 1. The lowest BCUT2D eigenvalue weighted by atomic mass is 10.0. The van der Waals surface area contributed by atoms with Crippen LogP contribution in [0.3, 0.4) is 0 Å². The highest BCUT2D eigenvalue weighted by molar-refractivity contribution is 5.93. The van der Waals surface area contributed by atoms with Crippen molar-refractivity contribution >= 4 is 11.5 Å². The summed E-state index contributed by atoms with van der Waals surface area (Å²) < 4.78 is 0. The topological polar surface area (TPSA) is 24.4 Å². The van der Waals surface area contributed by atoms with Gasteiger partial charge in [-0.05, 0) is 12.5 Å². The third kappa shape index (κ3) is 2.64. The van der Waals surface area contributed by atoms with Crippen molar-refractivity contribution in [3.8, 4) is 0 Å². The zero-order chi connectivity index (χ0) is 12.3. The van der Waals surface area contributed by atoms with Gasteiger partial charge in [-0.25, -0.2) is 4.99 Å². The molecular formula is C15H18N2. The third-order valence-electron chi connectivity index (χ3n) is 2.99. The number of hydrogen-bond donors (Lipinski definition) is 1. The van der Waals surface area contributed by atoms with Crippen molar-refractivity contribution in [1.82, 2.24) is 5.32 Å². The molecule has 1 N–H and O–H groups in total. The normalized spacial score (nSPS) is 16.9. The van der Waals surface area contributed by atoms with E-state index < -0.39 is 0 Å². The summed E-state index contributed by atoms with van der Waals surface area (Å²) in [5, 5.41) is 3.25. The van der Waals surface area contributed by atoms with Gasteiger partial charge < -0.3 is 5.32 Å². The molecule has 0 amide bonds. The molecule has 2 rings (SSSR count). The van der Waals surface area contributed by atoms with Crippen molar-refractivity contribution in [2.75, 3.05) is 0 Å². The van der Waals surface area contributed by atoms with Crippen LogP contribution in [-0.2, 0) is 0 Å². The Morgan fingerprint density at radius 2 is 2.00 bits per heavy atom. The number of allylic oxidation sites excluding steroid dienone is 1. The average molecular weight is 226 g/mol. The van der Waals surface area contributed by atoms with Crippen LogP contribution in [0.5, 0.6) is 0 Å². The molecule has 0 saturated carbocycles. The van der Waals surface area contributed by atoms with Crippen molar-refractivity contribution in [3.63, 3.8) is 0 Å². The minimum atomic E-state index is 0.430. The van der Waals surface area contributed by atoms with Crippen LogP contribution >= 0.6 is 0 Å². The predicted octanol–water partition coefficient (Wildman–Crippen LogP) is 3.59. The number of benzene rings is 1. The van der Waals surface area contributed by atoms with Crippen LogP contribution < -0.4 is 5.32 Å². The van der Waals surface area contributed by atoms with E-state index in [0.29, 0.717) is 5.92 Å². The van der Waals surface area contributed by atoms with E-state index in [0.717, 1.165) is 29.2 Å². The highest BCUT2D eigenvalue weighted by Gasteiger charge is 2.14. The van der Waals surface area contributed by atoms with Gasteiger partial charge in [-0.15, -0.1) is 0 Å². The van der Waals surface area contributed by atoms with Gasteiger partial charge in [0.1, 0.15) is 5.84 Å². The first-order chi connectivity index (χ1) is 8.20. The Kier molecular flexibility index (Phi) is 3.43. The largest absolute Gasteiger partial charge is 0.344 e. The molecular weight excluding hydrogens is 208 g/mol. The van der Waals surface area contributed by atoms with Gasteiger partial charge in [-0.2, -0.15) is 0 Å². The number of hydrogen-bond acceptors (Lipinski definition) is 2. The summed E-state index contributed by atoms with van der Waals surface area (Å²) in [6, 6.07) is 10.2. The molecule has 1 atom stereocenters. The molecule has 17 heavy (non-hydrogen) atoms. The molecule has 1 aliphatic rings. The second-order valence-corrected chi connectivity index (χ2v) is 4.35. The molecule has 0 radical (unpaired) electrons. The maximum atomic E-state index is 4.68. The van der Waals surface area contributed by atoms with E-state index in [2.05, 4.69) is 42.9 Å². The van der Waals surface area contributed by atoms with Crippen LogP contribution in [0.1, 0.15) is 25.8 Å². The summed E-state index contributed by atoms with van der Waals surface area (Å²) in [5.41, 5.74) is 3.04. The fourth-order valence-electron chi connectivity index (χ4n) is 1.74. The molecule has 0 spiro atoms. The highest BCUT2D eigenvalue weighted by Crippen LogP contribution is 2.22. The van der Waals surface area contributed by atoms with Gasteiger partial charge in [0.05, 0.1) is 5.70 Å². The Balaban J connectivity index is 2.34. The maximum absolute atomic E-state index is 4.68. The second-order valence-electron chi connectivity index (χ2n) is 4.35. The van der Waals surface area contributed by atoms with E-state index in [9.17, 15) is 0 Å². The summed E-state index contributed by atoms with van der Waals surface area (Å²) >= 11 is 0. The van der Waals surface area contributed by atoms with E-state index in [-0.39, 0.29) is 0 Å². The molecule has 1 heterocycles. The molecule has 0 fully saturated rings. The lowest BCUT2D eigenvalue weighted by Gasteiger charge is -2.20. The Labute approximate surface area is 103 Å². The molecule has 0 aromatic heterocycles. The molecule has 1 unspecified atom stereocenters. The standard InChI is InChI=1S/C15H18N2/c1-4-11(2)15-16-12(3)10-14(17-15)13-8-6-5-7-9-13/h5-11H,3-4H2,1-2H3,(H,16,17). The fourth-order valence-corrected chi connectivity index (χ4v) is 1.74. The molecule has 1 aromatic rings. The van der Waals surface area contributed by atoms with Crippen LogP contribution in [-0.4, -0.2) is 5.84 Å². The maximum Gasteiger partial charge on any atom is 0.109 e. The SMILES string of the molecule is C=C1C=C(c2ccccc2)N=C(C(C)CC)N1. The van der Waals surface area contributed by atoms with Crippen molar-refractivity contribution in [3.05, 3.63) is 54.2 Å². The lowest BCUT2D eigenvalue weighted by Crippen LogP contribution is -2.30. The summed E-state index contributed by atoms with van der Waals surface area (Å²) in [4.78, 5) is 4.68. The van der Waals surface area contributed by atoms with Crippen molar-refractivity contribution in [2.45, 2.75) is 20.3 Å². The van der Waals surface area contributed by atoms with Gasteiger partial charge in [-0.1, -0.05) is 50.8 Å². The first-order valence-corrected chi connectivity index (χ1v) is 6.02. The van der Waals surface area contributed by atoms with Gasteiger partial charge in [0.15, 0.2) is 0 Å². The van der Waals surface area contributed by atoms with E-state index in [1.165, 1.54) is 0 Å². The number of rotatable bonds is 3. The number of nitrogens with one attached hydrogen (secondary N) is 1. The van der Waals surface area contributed by atoms with E-state index in [1.807, 2.05) is 24.3 Å². The smallest absolute Gasteiger partial charge is 0.109 e. The molecule has 1 aliphatic heterocycles. The minimum absolute atomic E-state index is 0.430. The first kappa shape index (κ1) is 11.6. The number of nitrogens with zero attached hydrogens (tertiary/aromatic N) is 1. The molecule has 2 heteroatoms. The van der Waals surface area contributed by atoms with Crippen LogP contribution in [0.25, 0.3) is 5.70 Å². The van der Waals surface area contributed by atoms with Crippen LogP contribution in [0, 0.1) is 5.92 Å². The molecule has 1 aromatic carbocycles. The lowest BCUT2D eigenvalue weighted by molar-refractivity contribution is 0.716. The summed E-state index contributed by atoms with van der Waals surface area (Å²) in [5.74, 6) is 1.44. The first-order valence-electron chi connectivity index (χ1n) is 6.02. The summed E-state index contributed by atoms with van der Waals surface area (Å²) in [6.07, 6.45) is 3.06. The highest BCUT2D eigenvalue weighted by atomic mass is 15.0. The molecule has 0 bridgehead atoms. The van der Waals surface area contributed by atoms with Gasteiger partial charge in [0, 0.05) is 17.2 Å². The third-order valence-corrected chi connectivity index (χ3v) is 2.99. The van der Waals surface area contributed by atoms with Gasteiger partial charge in [0.2, 0.25) is 0 Å². The van der Waals surface area contributed by atoms with Crippen LogP contribution in [0.4, 0.5) is 0 Å². The Hall–Kier alpha value is -1.83. The summed E-state index contributed by atoms with van der Waals surface area (Å²) in [6.45, 7) is 8.33. The monoisotopic (exact) mass is 226 g/mol. The second kappa shape index (κ2) is 5.00. The molecule has 0 saturated heterocycles. The zero-order valence-corrected chi connectivity index (χ0v) is 10.4. The Morgan fingerprint density at radius 3 is 2.65 bits per heavy atom. The van der Waals surface area contributed by atoms with E-state index in [1.54, 1.807) is 0 Å². The summed E-state index contributed by atoms with van der Waals surface area (Å²) in [7, 11) is 0. The van der Waals surface area contributed by atoms with Crippen molar-refractivity contribution in [2.24, 2.45) is 10.9 Å². The van der Waals surface area contributed by atoms with Crippen LogP contribution in [0.15, 0.2) is 53.7 Å². The van der Waals surface area contributed by atoms with Gasteiger partial charge in [0.25, 0.3) is 0 Å². The van der Waals surface area contributed by atoms with Crippen LogP contribution in [0.2, 0.25) is 0 Å². The molecule has 88 valence electrons.